The summed E-state index contributed by atoms with van der Waals surface area (Å²) in [6.07, 6.45) is 7.09. The first-order valence-electron chi connectivity index (χ1n) is 8.88. The minimum Gasteiger partial charge on any atom is -0.356 e. The Kier molecular flexibility index (Phi) is 3.19. The lowest BCUT2D eigenvalue weighted by molar-refractivity contribution is -0.125. The summed E-state index contributed by atoms with van der Waals surface area (Å²) in [5.74, 6) is 0.910. The van der Waals surface area contributed by atoms with E-state index in [0.717, 1.165) is 55.6 Å². The average Bonchev–Trinajstić information content (AvgIpc) is 3.25. The van der Waals surface area contributed by atoms with Crippen molar-refractivity contribution in [1.29, 1.82) is 0 Å². The van der Waals surface area contributed by atoms with Crippen LogP contribution < -0.4 is 4.90 Å². The smallest absolute Gasteiger partial charge is 0.327 e. The lowest BCUT2D eigenvalue weighted by Gasteiger charge is -2.36. The molecule has 2 aromatic heterocycles. The van der Waals surface area contributed by atoms with Gasteiger partial charge in [-0.2, -0.15) is 0 Å². The summed E-state index contributed by atoms with van der Waals surface area (Å²) in [6.45, 7) is 1.89. The lowest BCUT2D eigenvalue weighted by atomic mass is 10.0. The number of carbonyl (C=O) groups excluding carboxylic acids is 2. The summed E-state index contributed by atoms with van der Waals surface area (Å²) >= 11 is 0. The Morgan fingerprint density at radius 3 is 2.60 bits per heavy atom. The van der Waals surface area contributed by atoms with Crippen LogP contribution in [-0.2, 0) is 4.79 Å². The molecule has 3 fully saturated rings. The number of rotatable bonds is 3. The Morgan fingerprint density at radius 2 is 1.84 bits per heavy atom. The number of aromatic nitrogens is 3. The molecule has 0 aromatic carbocycles. The van der Waals surface area contributed by atoms with Crippen molar-refractivity contribution in [1.82, 2.24) is 24.8 Å². The normalized spacial score (nSPS) is 22.5. The largest absolute Gasteiger partial charge is 0.356 e. The maximum Gasteiger partial charge on any atom is 0.327 e. The predicted molar refractivity (Wildman–Crippen MR) is 91.1 cm³/mol. The molecule has 130 valence electrons. The average molecular weight is 340 g/mol. The molecule has 2 aromatic rings. The zero-order valence-corrected chi connectivity index (χ0v) is 13.9. The zero-order chi connectivity index (χ0) is 17.0. The van der Waals surface area contributed by atoms with Gasteiger partial charge in [-0.1, -0.05) is 0 Å². The van der Waals surface area contributed by atoms with Gasteiger partial charge in [-0.3, -0.25) is 9.69 Å². The fraction of sp³-hybridized carbons (Fsp3) is 0.529. The van der Waals surface area contributed by atoms with E-state index in [-0.39, 0.29) is 30.6 Å². The standard InChI is InChI=1S/C17H20N6O2/c24-14-9-22(17(25)23(14)12-1-2-12)11-4-7-21(8-5-11)16-13-3-6-18-15(13)19-10-20-16/h3,6,10-12H,1-2,4-5,7-9H2,(H,18,19,20). The molecule has 4 heterocycles. The molecule has 0 spiro atoms. The first-order chi connectivity index (χ1) is 12.2. The third-order valence-electron chi connectivity index (χ3n) is 5.48. The summed E-state index contributed by atoms with van der Waals surface area (Å²) < 4.78 is 0. The molecular weight excluding hydrogens is 320 g/mol. The van der Waals surface area contributed by atoms with Crippen molar-refractivity contribution in [2.45, 2.75) is 37.8 Å². The number of carbonyl (C=O) groups is 2. The van der Waals surface area contributed by atoms with Crippen LogP contribution in [0.3, 0.4) is 0 Å². The number of aromatic amines is 1. The number of amides is 3. The Morgan fingerprint density at radius 1 is 1.04 bits per heavy atom. The van der Waals surface area contributed by atoms with Gasteiger partial charge in [-0.25, -0.2) is 14.8 Å². The van der Waals surface area contributed by atoms with Crippen molar-refractivity contribution in [2.24, 2.45) is 0 Å². The number of fused-ring (bicyclic) bond motifs is 1. The maximum absolute atomic E-state index is 12.6. The lowest BCUT2D eigenvalue weighted by Crippen LogP contribution is -2.47. The molecular formula is C17H20N6O2. The highest BCUT2D eigenvalue weighted by Crippen LogP contribution is 2.33. The second-order valence-corrected chi connectivity index (χ2v) is 7.06. The molecule has 5 rings (SSSR count). The van der Waals surface area contributed by atoms with Crippen molar-refractivity contribution in [3.05, 3.63) is 18.6 Å². The molecule has 0 unspecified atom stereocenters. The number of urea groups is 1. The molecule has 0 bridgehead atoms. The molecule has 3 aliphatic rings. The van der Waals surface area contributed by atoms with Gasteiger partial charge in [-0.15, -0.1) is 0 Å². The van der Waals surface area contributed by atoms with Crippen LogP contribution in [0.5, 0.6) is 0 Å². The number of imide groups is 1. The van der Waals surface area contributed by atoms with Crippen LogP contribution in [0.2, 0.25) is 0 Å². The summed E-state index contributed by atoms with van der Waals surface area (Å²) in [4.78, 5) is 42.0. The maximum atomic E-state index is 12.6. The van der Waals surface area contributed by atoms with Crippen molar-refractivity contribution in [3.63, 3.8) is 0 Å². The fourth-order valence-electron chi connectivity index (χ4n) is 4.01. The van der Waals surface area contributed by atoms with Crippen LogP contribution in [-0.4, -0.2) is 68.4 Å². The van der Waals surface area contributed by atoms with Crippen LogP contribution in [0.25, 0.3) is 11.0 Å². The minimum absolute atomic E-state index is 0.0280. The second-order valence-electron chi connectivity index (χ2n) is 7.06. The number of hydrogen-bond donors (Lipinski definition) is 1. The topological polar surface area (TPSA) is 85.4 Å². The van der Waals surface area contributed by atoms with Gasteiger partial charge in [0.05, 0.1) is 5.39 Å². The van der Waals surface area contributed by atoms with Crippen molar-refractivity contribution < 1.29 is 9.59 Å². The number of anilines is 1. The van der Waals surface area contributed by atoms with Gasteiger partial charge < -0.3 is 14.8 Å². The number of piperidine rings is 1. The Balaban J connectivity index is 1.29. The van der Waals surface area contributed by atoms with E-state index in [1.165, 1.54) is 4.90 Å². The molecule has 0 radical (unpaired) electrons. The van der Waals surface area contributed by atoms with E-state index in [1.54, 1.807) is 11.2 Å². The third-order valence-corrected chi connectivity index (χ3v) is 5.48. The SMILES string of the molecule is O=C1CN(C2CCN(c3ncnc4[nH]ccc34)CC2)C(=O)N1C1CC1. The Hall–Kier alpha value is -2.64. The van der Waals surface area contributed by atoms with Crippen LogP contribution in [0.1, 0.15) is 25.7 Å². The molecule has 1 saturated carbocycles. The van der Waals surface area contributed by atoms with E-state index in [2.05, 4.69) is 19.9 Å². The van der Waals surface area contributed by atoms with Gasteiger partial charge >= 0.3 is 6.03 Å². The molecule has 2 aliphatic heterocycles. The zero-order valence-electron chi connectivity index (χ0n) is 13.9. The van der Waals surface area contributed by atoms with Gasteiger partial charge in [0.2, 0.25) is 0 Å². The number of nitrogens with zero attached hydrogens (tertiary/aromatic N) is 5. The molecule has 8 heteroatoms. The highest BCUT2D eigenvalue weighted by molar-refractivity contribution is 6.02. The number of hydrogen-bond acceptors (Lipinski definition) is 5. The fourth-order valence-corrected chi connectivity index (χ4v) is 4.01. The molecule has 2 saturated heterocycles. The van der Waals surface area contributed by atoms with E-state index in [0.29, 0.717) is 0 Å². The summed E-state index contributed by atoms with van der Waals surface area (Å²) in [5.41, 5.74) is 0.840. The van der Waals surface area contributed by atoms with Gasteiger partial charge in [-0.05, 0) is 31.7 Å². The molecule has 0 atom stereocenters. The Labute approximate surface area is 144 Å². The van der Waals surface area contributed by atoms with Crippen molar-refractivity contribution in [3.8, 4) is 0 Å². The van der Waals surface area contributed by atoms with Gasteiger partial charge in [0, 0.05) is 31.4 Å². The first-order valence-corrected chi connectivity index (χ1v) is 8.88. The van der Waals surface area contributed by atoms with Gasteiger partial charge in [0.15, 0.2) is 0 Å². The van der Waals surface area contributed by atoms with Gasteiger partial charge in [0.1, 0.15) is 24.3 Å². The van der Waals surface area contributed by atoms with Crippen LogP contribution in [0, 0.1) is 0 Å². The molecule has 1 aliphatic carbocycles. The number of nitrogens with one attached hydrogen (secondary N) is 1. The Bertz CT molecular complexity index is 837. The van der Waals surface area contributed by atoms with E-state index in [4.69, 9.17) is 0 Å². The first kappa shape index (κ1) is 14.7. The predicted octanol–water partition coefficient (Wildman–Crippen LogP) is 1.35. The molecule has 25 heavy (non-hydrogen) atoms. The van der Waals surface area contributed by atoms with E-state index in [1.807, 2.05) is 12.3 Å². The quantitative estimate of drug-likeness (QED) is 0.853. The summed E-state index contributed by atoms with van der Waals surface area (Å²) in [6, 6.07) is 2.21. The summed E-state index contributed by atoms with van der Waals surface area (Å²) in [5, 5.41) is 1.02. The van der Waals surface area contributed by atoms with E-state index < -0.39 is 0 Å². The molecule has 8 nitrogen and oxygen atoms in total. The highest BCUT2D eigenvalue weighted by atomic mass is 16.2. The third kappa shape index (κ3) is 2.35. The van der Waals surface area contributed by atoms with Gasteiger partial charge in [0.25, 0.3) is 5.91 Å². The minimum atomic E-state index is -0.0824. The second kappa shape index (κ2) is 5.44. The monoisotopic (exact) mass is 340 g/mol. The van der Waals surface area contributed by atoms with E-state index >= 15 is 0 Å². The van der Waals surface area contributed by atoms with Crippen molar-refractivity contribution in [2.75, 3.05) is 24.5 Å². The molecule has 1 N–H and O–H groups in total. The van der Waals surface area contributed by atoms with Crippen LogP contribution >= 0.6 is 0 Å². The molecule has 3 amide bonds. The summed E-state index contributed by atoms with van der Waals surface area (Å²) in [7, 11) is 0. The van der Waals surface area contributed by atoms with Crippen LogP contribution in [0.15, 0.2) is 18.6 Å². The highest BCUT2D eigenvalue weighted by Gasteiger charge is 2.47. The number of H-pyrrole nitrogens is 1. The van der Waals surface area contributed by atoms with Crippen molar-refractivity contribution >= 4 is 28.8 Å². The van der Waals surface area contributed by atoms with E-state index in [9.17, 15) is 9.59 Å². The van der Waals surface area contributed by atoms with Crippen LogP contribution in [0.4, 0.5) is 10.6 Å².